The van der Waals surface area contributed by atoms with Gasteiger partial charge in [-0.2, -0.15) is 0 Å². The summed E-state index contributed by atoms with van der Waals surface area (Å²) in [7, 11) is 0. The summed E-state index contributed by atoms with van der Waals surface area (Å²) < 4.78 is 0.659. The molecule has 110 valence electrons. The molecule has 2 rings (SSSR count). The average Bonchev–Trinajstić information content (AvgIpc) is 2.46. The number of halogens is 1. The number of aromatic carboxylic acids is 1. The molecule has 4 nitrogen and oxygen atoms in total. The number of carboxylic acids is 1. The lowest BCUT2D eigenvalue weighted by Crippen LogP contribution is -2.32. The normalized spacial score (nSPS) is 10.7. The maximum Gasteiger partial charge on any atom is 0.339 e. The second-order valence-corrected chi connectivity index (χ2v) is 5.95. The molecule has 0 saturated carbocycles. The van der Waals surface area contributed by atoms with Crippen molar-refractivity contribution in [1.29, 1.82) is 0 Å². The Morgan fingerprint density at radius 2 is 2.00 bits per heavy atom. The van der Waals surface area contributed by atoms with Crippen LogP contribution in [0.1, 0.15) is 29.8 Å². The van der Waals surface area contributed by atoms with Gasteiger partial charge >= 0.3 is 5.97 Å². The molecule has 0 fully saturated rings. The van der Waals surface area contributed by atoms with Crippen molar-refractivity contribution < 1.29 is 9.90 Å². The number of benzene rings is 1. The smallest absolute Gasteiger partial charge is 0.339 e. The van der Waals surface area contributed by atoms with Crippen molar-refractivity contribution in [3.05, 3.63) is 58.2 Å². The van der Waals surface area contributed by atoms with Gasteiger partial charge in [-0.05, 0) is 41.4 Å². The number of hydrogen-bond donors (Lipinski definition) is 1. The Bertz CT molecular complexity index is 629. The van der Waals surface area contributed by atoms with Crippen LogP contribution in [0.25, 0.3) is 0 Å². The van der Waals surface area contributed by atoms with Gasteiger partial charge in [0.25, 0.3) is 0 Å². The van der Waals surface area contributed by atoms with Crippen molar-refractivity contribution in [2.45, 2.75) is 26.4 Å². The van der Waals surface area contributed by atoms with Gasteiger partial charge in [0.05, 0.1) is 0 Å². The molecule has 1 aromatic heterocycles. The van der Waals surface area contributed by atoms with Crippen molar-refractivity contribution in [3.8, 4) is 0 Å². The molecule has 0 radical (unpaired) electrons. The van der Waals surface area contributed by atoms with Crippen LogP contribution in [-0.4, -0.2) is 22.1 Å². The lowest BCUT2D eigenvalue weighted by atomic mass is 10.1. The number of carbonyl (C=O) groups is 1. The van der Waals surface area contributed by atoms with E-state index in [4.69, 9.17) is 0 Å². The van der Waals surface area contributed by atoms with E-state index in [0.29, 0.717) is 16.8 Å². The first-order chi connectivity index (χ1) is 9.99. The predicted molar refractivity (Wildman–Crippen MR) is 86.7 cm³/mol. The van der Waals surface area contributed by atoms with Crippen LogP contribution in [0.2, 0.25) is 0 Å². The van der Waals surface area contributed by atoms with Gasteiger partial charge in [0.2, 0.25) is 0 Å². The number of pyridine rings is 1. The lowest BCUT2D eigenvalue weighted by molar-refractivity contribution is 0.0697. The number of aromatic nitrogens is 1. The van der Waals surface area contributed by atoms with E-state index in [1.807, 2.05) is 49.1 Å². The van der Waals surface area contributed by atoms with Crippen LogP contribution >= 0.6 is 15.9 Å². The van der Waals surface area contributed by atoms with Crippen molar-refractivity contribution in [2.24, 2.45) is 0 Å². The molecule has 0 saturated heterocycles. The minimum Gasteiger partial charge on any atom is -0.478 e. The Morgan fingerprint density at radius 1 is 1.33 bits per heavy atom. The van der Waals surface area contributed by atoms with E-state index in [-0.39, 0.29) is 11.6 Å². The van der Waals surface area contributed by atoms with E-state index in [0.717, 1.165) is 5.56 Å². The average molecular weight is 349 g/mol. The topological polar surface area (TPSA) is 53.4 Å². The molecule has 0 atom stereocenters. The van der Waals surface area contributed by atoms with Crippen LogP contribution < -0.4 is 4.90 Å². The molecule has 0 spiro atoms. The SMILES string of the molecule is CC(C)N(Cc1ccccc1)c1ncc(Br)cc1C(=O)O. The van der Waals surface area contributed by atoms with Gasteiger partial charge in [-0.15, -0.1) is 0 Å². The summed E-state index contributed by atoms with van der Waals surface area (Å²) in [6.07, 6.45) is 1.63. The van der Waals surface area contributed by atoms with Crippen molar-refractivity contribution >= 4 is 27.7 Å². The van der Waals surface area contributed by atoms with Crippen molar-refractivity contribution in [2.75, 3.05) is 4.90 Å². The van der Waals surface area contributed by atoms with Crippen molar-refractivity contribution in [1.82, 2.24) is 4.98 Å². The van der Waals surface area contributed by atoms with Crippen molar-refractivity contribution in [3.63, 3.8) is 0 Å². The highest BCUT2D eigenvalue weighted by atomic mass is 79.9. The summed E-state index contributed by atoms with van der Waals surface area (Å²) in [5.41, 5.74) is 1.32. The van der Waals surface area contributed by atoms with Gasteiger partial charge in [-0.1, -0.05) is 30.3 Å². The standard InChI is InChI=1S/C16H17BrN2O2/c1-11(2)19(10-12-6-4-3-5-7-12)15-14(16(20)21)8-13(17)9-18-15/h3-9,11H,10H2,1-2H3,(H,20,21). The second-order valence-electron chi connectivity index (χ2n) is 5.04. The first-order valence-corrected chi connectivity index (χ1v) is 7.47. The van der Waals surface area contributed by atoms with E-state index in [2.05, 4.69) is 20.9 Å². The second kappa shape index (κ2) is 6.72. The monoisotopic (exact) mass is 348 g/mol. The highest BCUT2D eigenvalue weighted by molar-refractivity contribution is 9.10. The fourth-order valence-corrected chi connectivity index (χ4v) is 2.43. The van der Waals surface area contributed by atoms with Crippen LogP contribution in [0.15, 0.2) is 47.1 Å². The molecule has 0 aliphatic rings. The first-order valence-electron chi connectivity index (χ1n) is 6.68. The molecule has 2 aromatic rings. The number of rotatable bonds is 5. The minimum absolute atomic E-state index is 0.136. The molecule has 1 heterocycles. The number of hydrogen-bond acceptors (Lipinski definition) is 3. The molecule has 0 aliphatic heterocycles. The fraction of sp³-hybridized carbons (Fsp3) is 0.250. The zero-order valence-electron chi connectivity index (χ0n) is 12.0. The van der Waals surface area contributed by atoms with Gasteiger partial charge in [-0.3, -0.25) is 0 Å². The van der Waals surface area contributed by atoms with E-state index in [1.165, 1.54) is 0 Å². The maximum atomic E-state index is 11.5. The van der Waals surface area contributed by atoms with Crippen LogP contribution in [0.4, 0.5) is 5.82 Å². The molecule has 5 heteroatoms. The van der Waals surface area contributed by atoms with Gasteiger partial charge < -0.3 is 10.0 Å². The van der Waals surface area contributed by atoms with E-state index in [9.17, 15) is 9.90 Å². The number of carboxylic acid groups (broad SMARTS) is 1. The summed E-state index contributed by atoms with van der Waals surface area (Å²) in [5, 5.41) is 9.40. The molecular formula is C16H17BrN2O2. The molecule has 0 amide bonds. The highest BCUT2D eigenvalue weighted by Crippen LogP contribution is 2.25. The molecule has 1 N–H and O–H groups in total. The van der Waals surface area contributed by atoms with Crippen LogP contribution in [-0.2, 0) is 6.54 Å². The Morgan fingerprint density at radius 3 is 2.57 bits per heavy atom. The maximum absolute atomic E-state index is 11.5. The zero-order chi connectivity index (χ0) is 15.4. The first kappa shape index (κ1) is 15.5. The predicted octanol–water partition coefficient (Wildman–Crippen LogP) is 3.96. The Kier molecular flexibility index (Phi) is 4.96. The number of anilines is 1. The molecular weight excluding hydrogens is 332 g/mol. The summed E-state index contributed by atoms with van der Waals surface area (Å²) >= 11 is 3.27. The Labute approximate surface area is 132 Å². The largest absolute Gasteiger partial charge is 0.478 e. The highest BCUT2D eigenvalue weighted by Gasteiger charge is 2.20. The molecule has 0 unspecified atom stereocenters. The zero-order valence-corrected chi connectivity index (χ0v) is 13.5. The van der Waals surface area contributed by atoms with Crippen LogP contribution in [0.3, 0.4) is 0 Å². The van der Waals surface area contributed by atoms with E-state index in [1.54, 1.807) is 12.3 Å². The Balaban J connectivity index is 2.41. The summed E-state index contributed by atoms with van der Waals surface area (Å²) in [5.74, 6) is -0.484. The minimum atomic E-state index is -0.975. The van der Waals surface area contributed by atoms with Crippen LogP contribution in [0.5, 0.6) is 0 Å². The fourth-order valence-electron chi connectivity index (χ4n) is 2.10. The Hall–Kier alpha value is -1.88. The summed E-state index contributed by atoms with van der Waals surface area (Å²) in [6.45, 7) is 4.67. The van der Waals surface area contributed by atoms with E-state index >= 15 is 0 Å². The van der Waals surface area contributed by atoms with Crippen LogP contribution in [0, 0.1) is 0 Å². The third-order valence-electron chi connectivity index (χ3n) is 3.15. The number of nitrogens with zero attached hydrogens (tertiary/aromatic N) is 2. The van der Waals surface area contributed by atoms with Gasteiger partial charge in [0, 0.05) is 23.3 Å². The third-order valence-corrected chi connectivity index (χ3v) is 3.59. The van der Waals surface area contributed by atoms with Gasteiger partial charge in [-0.25, -0.2) is 9.78 Å². The van der Waals surface area contributed by atoms with Gasteiger partial charge in [0.15, 0.2) is 0 Å². The molecule has 1 aromatic carbocycles. The molecule has 0 aliphatic carbocycles. The third kappa shape index (κ3) is 3.82. The summed E-state index contributed by atoms with van der Waals surface area (Å²) in [6, 6.07) is 11.7. The van der Waals surface area contributed by atoms with Gasteiger partial charge in [0.1, 0.15) is 11.4 Å². The molecule has 0 bridgehead atoms. The lowest BCUT2D eigenvalue weighted by Gasteiger charge is -2.29. The summed E-state index contributed by atoms with van der Waals surface area (Å²) in [4.78, 5) is 17.8. The quantitative estimate of drug-likeness (QED) is 0.888. The van der Waals surface area contributed by atoms with E-state index < -0.39 is 5.97 Å². The molecule has 21 heavy (non-hydrogen) atoms.